The molecule has 33 heavy (non-hydrogen) atoms. The summed E-state index contributed by atoms with van der Waals surface area (Å²) in [6.07, 6.45) is 0. The second-order valence-corrected chi connectivity index (χ2v) is 10.1. The summed E-state index contributed by atoms with van der Waals surface area (Å²) in [5, 5.41) is 24.6. The van der Waals surface area contributed by atoms with Crippen LogP contribution in [0, 0.1) is 0 Å². The second-order valence-electron chi connectivity index (χ2n) is 6.94. The third-order valence-corrected chi connectivity index (χ3v) is 7.56. The molecule has 1 unspecified atom stereocenters. The van der Waals surface area contributed by atoms with E-state index in [2.05, 4.69) is 47.0 Å². The van der Waals surface area contributed by atoms with Crippen LogP contribution in [0.15, 0.2) is 74.7 Å². The fraction of sp³-hybridized carbons (Fsp3) is 0.143. The first-order valence-electron chi connectivity index (χ1n) is 9.77. The number of ether oxygens (including phenoxy) is 1. The van der Waals surface area contributed by atoms with Crippen LogP contribution in [0.3, 0.4) is 0 Å². The summed E-state index contributed by atoms with van der Waals surface area (Å²) < 4.78 is 8.40. The molecular weight excluding hydrogens is 526 g/mol. The van der Waals surface area contributed by atoms with E-state index in [9.17, 15) is 4.79 Å². The lowest BCUT2D eigenvalue weighted by molar-refractivity contribution is -0.136. The number of anilines is 1. The van der Waals surface area contributed by atoms with Crippen LogP contribution >= 0.6 is 39.0 Å². The van der Waals surface area contributed by atoms with Gasteiger partial charge in [0.05, 0.1) is 12.7 Å². The summed E-state index contributed by atoms with van der Waals surface area (Å²) in [6.45, 7) is 0. The SMILES string of the molecule is COC(=O)C1=C(CSc2nnc(-c3ccccc3)s2)Nc2nnnn2C1c1cccc(Br)c1. The number of carbonyl (C=O) groups excluding carboxylic acids is 1. The zero-order valence-corrected chi connectivity index (χ0v) is 20.4. The minimum absolute atomic E-state index is 0.436. The van der Waals surface area contributed by atoms with E-state index < -0.39 is 12.0 Å². The van der Waals surface area contributed by atoms with E-state index in [4.69, 9.17) is 4.74 Å². The van der Waals surface area contributed by atoms with Crippen LogP contribution in [0.2, 0.25) is 0 Å². The van der Waals surface area contributed by atoms with E-state index in [0.29, 0.717) is 23.0 Å². The number of nitrogens with one attached hydrogen (secondary N) is 1. The first-order valence-corrected chi connectivity index (χ1v) is 12.4. The first-order chi connectivity index (χ1) is 16.1. The van der Waals surface area contributed by atoms with Crippen molar-refractivity contribution in [1.29, 1.82) is 0 Å². The number of nitrogens with zero attached hydrogens (tertiary/aromatic N) is 6. The predicted molar refractivity (Wildman–Crippen MR) is 129 cm³/mol. The highest BCUT2D eigenvalue weighted by atomic mass is 79.9. The Hall–Kier alpha value is -3.09. The van der Waals surface area contributed by atoms with Gasteiger partial charge in [0.2, 0.25) is 5.95 Å². The number of tetrazole rings is 1. The van der Waals surface area contributed by atoms with E-state index in [1.165, 1.54) is 30.2 Å². The lowest BCUT2D eigenvalue weighted by Crippen LogP contribution is -2.30. The number of benzene rings is 2. The van der Waals surface area contributed by atoms with Crippen molar-refractivity contribution < 1.29 is 9.53 Å². The van der Waals surface area contributed by atoms with Crippen LogP contribution in [-0.2, 0) is 9.53 Å². The number of aromatic nitrogens is 6. The molecule has 3 heterocycles. The Kier molecular flexibility index (Phi) is 6.20. The predicted octanol–water partition coefficient (Wildman–Crippen LogP) is 4.19. The number of halogens is 1. The Morgan fingerprint density at radius 1 is 1.18 bits per heavy atom. The lowest BCUT2D eigenvalue weighted by Gasteiger charge is -2.28. The van der Waals surface area contributed by atoms with Crippen molar-refractivity contribution in [2.45, 2.75) is 10.4 Å². The van der Waals surface area contributed by atoms with Gasteiger partial charge in [-0.1, -0.05) is 86.6 Å². The molecular formula is C21H16BrN7O2S2. The third-order valence-electron chi connectivity index (χ3n) is 4.94. The average Bonchev–Trinajstić information content (AvgIpc) is 3.51. The number of rotatable bonds is 6. The minimum atomic E-state index is -0.536. The first kappa shape index (κ1) is 21.7. The van der Waals surface area contributed by atoms with Gasteiger partial charge in [0.25, 0.3) is 0 Å². The minimum Gasteiger partial charge on any atom is -0.466 e. The fourth-order valence-electron chi connectivity index (χ4n) is 3.48. The van der Waals surface area contributed by atoms with Crippen molar-refractivity contribution in [2.75, 3.05) is 18.2 Å². The Morgan fingerprint density at radius 2 is 2.03 bits per heavy atom. The number of hydrogen-bond donors (Lipinski definition) is 1. The Balaban J connectivity index is 1.49. The highest BCUT2D eigenvalue weighted by Crippen LogP contribution is 2.38. The number of carbonyl (C=O) groups is 1. The molecule has 0 spiro atoms. The maximum atomic E-state index is 12.9. The summed E-state index contributed by atoms with van der Waals surface area (Å²) in [5.74, 6) is 0.433. The molecule has 0 fully saturated rings. The molecule has 5 rings (SSSR count). The lowest BCUT2D eigenvalue weighted by atomic mass is 9.96. The van der Waals surface area contributed by atoms with Gasteiger partial charge >= 0.3 is 5.97 Å². The van der Waals surface area contributed by atoms with Gasteiger partial charge in [0.15, 0.2) is 4.34 Å². The van der Waals surface area contributed by atoms with Crippen molar-refractivity contribution in [3.05, 3.63) is 75.9 Å². The van der Waals surface area contributed by atoms with E-state index in [-0.39, 0.29) is 0 Å². The van der Waals surface area contributed by atoms with Crippen molar-refractivity contribution in [3.63, 3.8) is 0 Å². The average molecular weight is 542 g/mol. The largest absolute Gasteiger partial charge is 0.466 e. The monoisotopic (exact) mass is 541 g/mol. The summed E-state index contributed by atoms with van der Waals surface area (Å²) in [5.41, 5.74) is 2.97. The summed E-state index contributed by atoms with van der Waals surface area (Å²) in [7, 11) is 1.37. The fourth-order valence-corrected chi connectivity index (χ4v) is 5.72. The highest BCUT2D eigenvalue weighted by Gasteiger charge is 2.36. The molecule has 4 aromatic rings. The quantitative estimate of drug-likeness (QED) is 0.284. The van der Waals surface area contributed by atoms with Crippen LogP contribution < -0.4 is 5.32 Å². The van der Waals surface area contributed by atoms with Crippen molar-refractivity contribution in [1.82, 2.24) is 30.4 Å². The molecule has 1 N–H and O–H groups in total. The molecule has 2 aromatic heterocycles. The molecule has 0 radical (unpaired) electrons. The molecule has 0 saturated carbocycles. The van der Waals surface area contributed by atoms with Crippen molar-refractivity contribution in [3.8, 4) is 10.6 Å². The van der Waals surface area contributed by atoms with E-state index >= 15 is 0 Å². The zero-order valence-electron chi connectivity index (χ0n) is 17.2. The topological polar surface area (TPSA) is 108 Å². The van der Waals surface area contributed by atoms with Gasteiger partial charge in [-0.3, -0.25) is 0 Å². The van der Waals surface area contributed by atoms with Crippen LogP contribution in [0.1, 0.15) is 11.6 Å². The smallest absolute Gasteiger partial charge is 0.338 e. The molecule has 1 aliphatic rings. The number of hydrogen-bond acceptors (Lipinski definition) is 10. The van der Waals surface area contributed by atoms with E-state index in [1.807, 2.05) is 54.6 Å². The van der Waals surface area contributed by atoms with Crippen LogP contribution in [0.5, 0.6) is 0 Å². The highest BCUT2D eigenvalue weighted by molar-refractivity contribution is 9.10. The maximum absolute atomic E-state index is 12.9. The number of methoxy groups -OCH3 is 1. The molecule has 1 aliphatic heterocycles. The third kappa shape index (κ3) is 4.41. The Morgan fingerprint density at radius 3 is 2.82 bits per heavy atom. The van der Waals surface area contributed by atoms with Crippen LogP contribution in [0.4, 0.5) is 5.95 Å². The zero-order chi connectivity index (χ0) is 22.8. The van der Waals surface area contributed by atoms with Gasteiger partial charge in [-0.05, 0) is 28.1 Å². The molecule has 2 aromatic carbocycles. The molecule has 12 heteroatoms. The molecule has 0 saturated heterocycles. The number of fused-ring (bicyclic) bond motifs is 1. The molecule has 0 aliphatic carbocycles. The molecule has 0 bridgehead atoms. The van der Waals surface area contributed by atoms with Crippen LogP contribution in [-0.4, -0.2) is 49.2 Å². The van der Waals surface area contributed by atoms with Gasteiger partial charge in [-0.25, -0.2) is 4.79 Å². The molecule has 166 valence electrons. The van der Waals surface area contributed by atoms with Gasteiger partial charge in [-0.2, -0.15) is 4.68 Å². The van der Waals surface area contributed by atoms with E-state index in [1.54, 1.807) is 4.68 Å². The Labute approximate surface area is 205 Å². The normalized spacial score (nSPS) is 15.2. The standard InChI is InChI=1S/C21H16BrN7O2S2/c1-31-19(30)16-15(11-32-21-26-24-18(33-21)12-6-3-2-4-7-12)23-20-25-27-28-29(20)17(16)13-8-5-9-14(22)10-13/h2-10,17H,11H2,1H3,(H,23,25,28). The van der Waals surface area contributed by atoms with Crippen molar-refractivity contribution in [2.24, 2.45) is 0 Å². The molecule has 9 nitrogen and oxygen atoms in total. The van der Waals surface area contributed by atoms with Gasteiger partial charge in [-0.15, -0.1) is 10.2 Å². The number of thioether (sulfide) groups is 1. The molecule has 0 amide bonds. The van der Waals surface area contributed by atoms with Crippen molar-refractivity contribution >= 4 is 50.9 Å². The summed E-state index contributed by atoms with van der Waals surface area (Å²) in [6, 6.07) is 17.0. The summed E-state index contributed by atoms with van der Waals surface area (Å²) in [4.78, 5) is 12.9. The maximum Gasteiger partial charge on any atom is 0.338 e. The van der Waals surface area contributed by atoms with Gasteiger partial charge in [0.1, 0.15) is 11.0 Å². The number of esters is 1. The Bertz CT molecular complexity index is 1340. The van der Waals surface area contributed by atoms with Gasteiger partial charge in [0, 0.05) is 21.5 Å². The van der Waals surface area contributed by atoms with Gasteiger partial charge < -0.3 is 10.1 Å². The molecule has 1 atom stereocenters. The van der Waals surface area contributed by atoms with E-state index in [0.717, 1.165) is 24.9 Å². The summed E-state index contributed by atoms with van der Waals surface area (Å²) >= 11 is 6.48. The van der Waals surface area contributed by atoms with Crippen LogP contribution in [0.25, 0.3) is 10.6 Å². The second kappa shape index (κ2) is 9.41.